The molecular weight excluding hydrogens is 248 g/mol. The number of nitrogens with one attached hydrogen (secondary N) is 1. The molecule has 0 bridgehead atoms. The zero-order chi connectivity index (χ0) is 12.8. The Balaban J connectivity index is 1.96. The minimum atomic E-state index is 0.765. The first-order chi connectivity index (χ1) is 8.79. The van der Waals surface area contributed by atoms with Gasteiger partial charge in [-0.1, -0.05) is 0 Å². The molecule has 0 aliphatic carbocycles. The molecule has 0 amide bonds. The zero-order valence-electron chi connectivity index (χ0n) is 10.7. The van der Waals surface area contributed by atoms with E-state index in [4.69, 9.17) is 4.74 Å². The van der Waals surface area contributed by atoms with E-state index in [0.717, 1.165) is 37.8 Å². The molecule has 0 saturated carbocycles. The van der Waals surface area contributed by atoms with Gasteiger partial charge in [0, 0.05) is 37.5 Å². The first-order valence-electron chi connectivity index (χ1n) is 5.93. The fourth-order valence-electron chi connectivity index (χ4n) is 1.71. The third-order valence-corrected chi connectivity index (χ3v) is 3.28. The quantitative estimate of drug-likeness (QED) is 0.780. The van der Waals surface area contributed by atoms with Gasteiger partial charge in [-0.25, -0.2) is 4.98 Å². The van der Waals surface area contributed by atoms with Crippen LogP contribution in [0.2, 0.25) is 0 Å². The SMILES string of the molecule is COCCCNc1nc(C)cn1Cc1cncs1. The van der Waals surface area contributed by atoms with E-state index in [0.29, 0.717) is 0 Å². The Labute approximate surface area is 111 Å². The Morgan fingerprint density at radius 1 is 1.50 bits per heavy atom. The van der Waals surface area contributed by atoms with E-state index in [2.05, 4.69) is 26.0 Å². The molecule has 98 valence electrons. The predicted octanol–water partition coefficient (Wildman–Crippen LogP) is 2.14. The van der Waals surface area contributed by atoms with Crippen molar-refractivity contribution < 1.29 is 4.74 Å². The number of hydrogen-bond donors (Lipinski definition) is 1. The summed E-state index contributed by atoms with van der Waals surface area (Å²) in [5.74, 6) is 0.914. The first kappa shape index (κ1) is 13.0. The lowest BCUT2D eigenvalue weighted by Gasteiger charge is -2.08. The van der Waals surface area contributed by atoms with Crippen molar-refractivity contribution in [1.82, 2.24) is 14.5 Å². The molecule has 0 radical (unpaired) electrons. The summed E-state index contributed by atoms with van der Waals surface area (Å²) >= 11 is 1.66. The highest BCUT2D eigenvalue weighted by Crippen LogP contribution is 2.14. The molecule has 0 atom stereocenters. The molecule has 0 unspecified atom stereocenters. The number of imidazole rings is 1. The van der Waals surface area contributed by atoms with Crippen LogP contribution >= 0.6 is 11.3 Å². The second-order valence-electron chi connectivity index (χ2n) is 4.07. The topological polar surface area (TPSA) is 52.0 Å². The number of methoxy groups -OCH3 is 1. The molecule has 0 aromatic carbocycles. The van der Waals surface area contributed by atoms with Crippen LogP contribution < -0.4 is 5.32 Å². The summed E-state index contributed by atoms with van der Waals surface area (Å²) in [5, 5.41) is 3.34. The van der Waals surface area contributed by atoms with E-state index in [1.165, 1.54) is 4.88 Å². The van der Waals surface area contributed by atoms with Gasteiger partial charge in [0.1, 0.15) is 0 Å². The van der Waals surface area contributed by atoms with Crippen molar-refractivity contribution in [2.45, 2.75) is 19.9 Å². The Morgan fingerprint density at radius 3 is 3.11 bits per heavy atom. The molecule has 18 heavy (non-hydrogen) atoms. The Morgan fingerprint density at radius 2 is 2.39 bits per heavy atom. The van der Waals surface area contributed by atoms with Crippen LogP contribution in [0, 0.1) is 6.92 Å². The summed E-state index contributed by atoms with van der Waals surface area (Å²) in [5.41, 5.74) is 2.87. The highest BCUT2D eigenvalue weighted by atomic mass is 32.1. The van der Waals surface area contributed by atoms with Crippen LogP contribution in [-0.4, -0.2) is 34.8 Å². The number of rotatable bonds is 7. The van der Waals surface area contributed by atoms with Gasteiger partial charge in [0.15, 0.2) is 0 Å². The molecule has 5 nitrogen and oxygen atoms in total. The van der Waals surface area contributed by atoms with Crippen molar-refractivity contribution in [2.24, 2.45) is 0 Å². The van der Waals surface area contributed by atoms with Gasteiger partial charge in [-0.05, 0) is 13.3 Å². The van der Waals surface area contributed by atoms with Gasteiger partial charge >= 0.3 is 0 Å². The molecule has 6 heteroatoms. The first-order valence-corrected chi connectivity index (χ1v) is 6.81. The monoisotopic (exact) mass is 266 g/mol. The van der Waals surface area contributed by atoms with Gasteiger partial charge in [-0.15, -0.1) is 11.3 Å². The Bertz CT molecular complexity index is 466. The van der Waals surface area contributed by atoms with E-state index in [9.17, 15) is 0 Å². The molecule has 2 aromatic rings. The van der Waals surface area contributed by atoms with Crippen molar-refractivity contribution in [2.75, 3.05) is 25.6 Å². The van der Waals surface area contributed by atoms with Crippen molar-refractivity contribution in [3.05, 3.63) is 28.5 Å². The van der Waals surface area contributed by atoms with E-state index >= 15 is 0 Å². The molecule has 0 spiro atoms. The molecule has 2 heterocycles. The second kappa shape index (κ2) is 6.51. The van der Waals surface area contributed by atoms with E-state index in [-0.39, 0.29) is 0 Å². The highest BCUT2D eigenvalue weighted by Gasteiger charge is 2.06. The standard InChI is InChI=1S/C12H18N4OS/c1-10-7-16(8-11-6-13-9-18-11)12(15-10)14-4-3-5-17-2/h6-7,9H,3-5,8H2,1-2H3,(H,14,15). The molecule has 2 aromatic heterocycles. The lowest BCUT2D eigenvalue weighted by Crippen LogP contribution is -2.10. The molecule has 0 aliphatic rings. The van der Waals surface area contributed by atoms with Crippen LogP contribution in [0.4, 0.5) is 5.95 Å². The van der Waals surface area contributed by atoms with Gasteiger partial charge in [0.25, 0.3) is 0 Å². The van der Waals surface area contributed by atoms with E-state index < -0.39 is 0 Å². The maximum Gasteiger partial charge on any atom is 0.203 e. The number of ether oxygens (including phenoxy) is 1. The number of hydrogen-bond acceptors (Lipinski definition) is 5. The third kappa shape index (κ3) is 3.54. The maximum atomic E-state index is 5.03. The molecule has 0 saturated heterocycles. The smallest absolute Gasteiger partial charge is 0.203 e. The maximum absolute atomic E-state index is 5.03. The summed E-state index contributed by atoms with van der Waals surface area (Å²) in [6.45, 7) is 4.45. The van der Waals surface area contributed by atoms with Crippen LogP contribution in [0.5, 0.6) is 0 Å². The Hall–Kier alpha value is -1.40. The van der Waals surface area contributed by atoms with Crippen LogP contribution in [0.15, 0.2) is 17.9 Å². The minimum absolute atomic E-state index is 0.765. The van der Waals surface area contributed by atoms with Crippen molar-refractivity contribution in [3.8, 4) is 0 Å². The zero-order valence-corrected chi connectivity index (χ0v) is 11.5. The number of anilines is 1. The molecule has 2 rings (SSSR count). The lowest BCUT2D eigenvalue weighted by molar-refractivity contribution is 0.197. The highest BCUT2D eigenvalue weighted by molar-refractivity contribution is 7.09. The molecule has 0 aliphatic heterocycles. The minimum Gasteiger partial charge on any atom is -0.385 e. The van der Waals surface area contributed by atoms with Crippen LogP contribution in [-0.2, 0) is 11.3 Å². The summed E-state index contributed by atoms with van der Waals surface area (Å²) in [6.07, 6.45) is 4.93. The number of nitrogens with zero attached hydrogens (tertiary/aromatic N) is 3. The van der Waals surface area contributed by atoms with Gasteiger partial charge in [0.2, 0.25) is 5.95 Å². The van der Waals surface area contributed by atoms with Gasteiger partial charge in [-0.2, -0.15) is 0 Å². The van der Waals surface area contributed by atoms with Gasteiger partial charge < -0.3 is 14.6 Å². The number of aromatic nitrogens is 3. The van der Waals surface area contributed by atoms with Crippen molar-refractivity contribution in [1.29, 1.82) is 0 Å². The van der Waals surface area contributed by atoms with Crippen molar-refractivity contribution >= 4 is 17.3 Å². The number of aryl methyl sites for hydroxylation is 1. The summed E-state index contributed by atoms with van der Waals surface area (Å²) < 4.78 is 7.15. The third-order valence-electron chi connectivity index (χ3n) is 2.51. The van der Waals surface area contributed by atoms with Crippen LogP contribution in [0.3, 0.4) is 0 Å². The fraction of sp³-hybridized carbons (Fsp3) is 0.500. The van der Waals surface area contributed by atoms with Crippen LogP contribution in [0.25, 0.3) is 0 Å². The molecule has 1 N–H and O–H groups in total. The number of thiazole rings is 1. The average molecular weight is 266 g/mol. The molecular formula is C12H18N4OS. The van der Waals surface area contributed by atoms with E-state index in [1.54, 1.807) is 18.4 Å². The largest absolute Gasteiger partial charge is 0.385 e. The Kier molecular flexibility index (Phi) is 4.72. The second-order valence-corrected chi connectivity index (χ2v) is 5.05. The van der Waals surface area contributed by atoms with Gasteiger partial charge in [-0.3, -0.25) is 4.98 Å². The van der Waals surface area contributed by atoms with Crippen molar-refractivity contribution in [3.63, 3.8) is 0 Å². The summed E-state index contributed by atoms with van der Waals surface area (Å²) in [4.78, 5) is 9.80. The fourth-order valence-corrected chi connectivity index (χ4v) is 2.31. The summed E-state index contributed by atoms with van der Waals surface area (Å²) in [6, 6.07) is 0. The summed E-state index contributed by atoms with van der Waals surface area (Å²) in [7, 11) is 1.72. The average Bonchev–Trinajstić information content (AvgIpc) is 2.96. The predicted molar refractivity (Wildman–Crippen MR) is 73.2 cm³/mol. The lowest BCUT2D eigenvalue weighted by atomic mass is 10.4. The van der Waals surface area contributed by atoms with Crippen LogP contribution in [0.1, 0.15) is 17.0 Å². The van der Waals surface area contributed by atoms with Gasteiger partial charge in [0.05, 0.1) is 17.7 Å². The normalized spacial score (nSPS) is 10.8. The molecule has 0 fully saturated rings. The van der Waals surface area contributed by atoms with E-state index in [1.807, 2.05) is 18.6 Å².